The van der Waals surface area contributed by atoms with Crippen molar-refractivity contribution >= 4 is 10.0 Å². The molecule has 0 heterocycles. The Balaban J connectivity index is 4.99. The summed E-state index contributed by atoms with van der Waals surface area (Å²) in [6, 6.07) is 0. The number of hydrogen-bond donors (Lipinski definition) is 1. The third kappa shape index (κ3) is 4.66. The van der Waals surface area contributed by atoms with Gasteiger partial charge in [0.2, 0.25) is 0 Å². The number of nitrogens with one attached hydrogen (secondary N) is 1. The summed E-state index contributed by atoms with van der Waals surface area (Å²) in [6.45, 7) is -1.14. The first-order valence-electron chi connectivity index (χ1n) is 5.31. The Morgan fingerprint density at radius 1 is 1.05 bits per heavy atom. The zero-order valence-corrected chi connectivity index (χ0v) is 11.7. The fourth-order valence-electron chi connectivity index (χ4n) is 1.09. The van der Waals surface area contributed by atoms with Crippen LogP contribution in [0.5, 0.6) is 0 Å². The Kier molecular flexibility index (Phi) is 5.67. The lowest BCUT2D eigenvalue weighted by Gasteiger charge is -2.33. The topological polar surface area (TPSA) is 69.2 Å². The minimum Gasteiger partial charge on any atom is -0.633 e. The first-order valence-corrected chi connectivity index (χ1v) is 6.79. The summed E-state index contributed by atoms with van der Waals surface area (Å²) in [5.74, 6) is -6.75. The van der Waals surface area contributed by atoms with E-state index in [9.17, 15) is 44.4 Å². The highest BCUT2D eigenvalue weighted by molar-refractivity contribution is 7.90. The lowest BCUT2D eigenvalue weighted by atomic mass is 10.3. The van der Waals surface area contributed by atoms with Gasteiger partial charge in [0.1, 0.15) is 0 Å². The summed E-state index contributed by atoms with van der Waals surface area (Å²) in [5.41, 5.74) is 0. The van der Waals surface area contributed by atoms with Crippen LogP contribution in [0.15, 0.2) is 0 Å². The highest BCUT2D eigenvalue weighted by Crippen LogP contribution is 2.48. The van der Waals surface area contributed by atoms with Crippen molar-refractivity contribution in [1.82, 2.24) is 4.72 Å². The van der Waals surface area contributed by atoms with E-state index < -0.39 is 38.6 Å². The van der Waals surface area contributed by atoms with E-state index in [0.29, 0.717) is 0 Å². The minimum atomic E-state index is -6.75. The van der Waals surface area contributed by atoms with E-state index in [1.54, 1.807) is 0 Å². The maximum Gasteiger partial charge on any atom is 0.461 e. The molecule has 13 heteroatoms. The molecule has 0 saturated heterocycles. The van der Waals surface area contributed by atoms with Crippen LogP contribution in [-0.2, 0) is 10.0 Å². The van der Waals surface area contributed by atoms with E-state index >= 15 is 0 Å². The van der Waals surface area contributed by atoms with Gasteiger partial charge in [0.15, 0.2) is 0 Å². The van der Waals surface area contributed by atoms with Gasteiger partial charge < -0.3 is 9.85 Å². The molecular formula is C8H13F7N2O3S. The molecule has 0 unspecified atom stereocenters. The molecule has 0 fully saturated rings. The van der Waals surface area contributed by atoms with Crippen LogP contribution in [0.25, 0.3) is 0 Å². The molecule has 5 nitrogen and oxygen atoms in total. The quantitative estimate of drug-likeness (QED) is 0.329. The maximum atomic E-state index is 13.0. The molecule has 0 atom stereocenters. The number of nitrogens with zero attached hydrogens (tertiary/aromatic N) is 1. The predicted molar refractivity (Wildman–Crippen MR) is 57.8 cm³/mol. The standard InChI is InChI=1S/C8H13F7N2O3S/c1-17(2,18)5-3-4-16-21(19,20)8(14,15)6(9,10)7(11,12)13/h16H,3-5H2,1-2H3. The maximum absolute atomic E-state index is 13.0. The van der Waals surface area contributed by atoms with Gasteiger partial charge in [0, 0.05) is 13.0 Å². The van der Waals surface area contributed by atoms with Crippen molar-refractivity contribution in [2.24, 2.45) is 0 Å². The van der Waals surface area contributed by atoms with E-state index in [-0.39, 0.29) is 13.0 Å². The van der Waals surface area contributed by atoms with E-state index in [1.165, 1.54) is 0 Å². The van der Waals surface area contributed by atoms with E-state index in [1.807, 2.05) is 0 Å². The monoisotopic (exact) mass is 350 g/mol. The summed E-state index contributed by atoms with van der Waals surface area (Å²) in [7, 11) is -4.00. The fourth-order valence-corrected chi connectivity index (χ4v) is 2.14. The van der Waals surface area contributed by atoms with Crippen LogP contribution in [-0.4, -0.2) is 57.6 Å². The van der Waals surface area contributed by atoms with Crippen molar-refractivity contribution < 1.29 is 43.8 Å². The zero-order chi connectivity index (χ0) is 17.3. The number of hydrogen-bond acceptors (Lipinski definition) is 3. The summed E-state index contributed by atoms with van der Waals surface area (Å²) in [4.78, 5) is 0. The Morgan fingerprint density at radius 3 is 1.81 bits per heavy atom. The minimum absolute atomic E-state index is 0.260. The summed E-state index contributed by atoms with van der Waals surface area (Å²) < 4.78 is 108. The largest absolute Gasteiger partial charge is 0.633 e. The Labute approximate surface area is 115 Å². The van der Waals surface area contributed by atoms with Crippen LogP contribution in [0.4, 0.5) is 30.7 Å². The van der Waals surface area contributed by atoms with Gasteiger partial charge in [0.25, 0.3) is 10.0 Å². The van der Waals surface area contributed by atoms with Crippen molar-refractivity contribution in [1.29, 1.82) is 0 Å². The number of halogens is 7. The van der Waals surface area contributed by atoms with E-state index in [0.717, 1.165) is 18.8 Å². The third-order valence-electron chi connectivity index (χ3n) is 2.22. The van der Waals surface area contributed by atoms with Gasteiger partial charge in [-0.05, 0) is 0 Å². The van der Waals surface area contributed by atoms with Gasteiger partial charge in [-0.15, -0.1) is 0 Å². The highest BCUT2D eigenvalue weighted by Gasteiger charge is 2.78. The molecule has 0 aromatic heterocycles. The van der Waals surface area contributed by atoms with Crippen LogP contribution >= 0.6 is 0 Å². The van der Waals surface area contributed by atoms with Crippen LogP contribution in [0, 0.1) is 5.21 Å². The molecule has 21 heavy (non-hydrogen) atoms. The number of quaternary nitrogens is 1. The third-order valence-corrected chi connectivity index (χ3v) is 3.74. The van der Waals surface area contributed by atoms with Gasteiger partial charge >= 0.3 is 17.4 Å². The van der Waals surface area contributed by atoms with Crippen molar-refractivity contribution in [2.75, 3.05) is 27.2 Å². The van der Waals surface area contributed by atoms with E-state index in [4.69, 9.17) is 0 Å². The second-order valence-corrected chi connectivity index (χ2v) is 6.45. The molecule has 0 aromatic carbocycles. The summed E-state index contributed by atoms with van der Waals surface area (Å²) in [6.07, 6.45) is -7.07. The van der Waals surface area contributed by atoms with Gasteiger partial charge in [-0.2, -0.15) is 30.7 Å². The van der Waals surface area contributed by atoms with Gasteiger partial charge in [-0.1, -0.05) is 0 Å². The van der Waals surface area contributed by atoms with E-state index in [2.05, 4.69) is 0 Å². The van der Waals surface area contributed by atoms with Gasteiger partial charge in [-0.25, -0.2) is 13.1 Å². The molecule has 0 aromatic rings. The summed E-state index contributed by atoms with van der Waals surface area (Å²) >= 11 is 0. The number of hydroxylamine groups is 3. The van der Waals surface area contributed by atoms with Crippen molar-refractivity contribution in [2.45, 2.75) is 23.8 Å². The fraction of sp³-hybridized carbons (Fsp3) is 1.00. The SMILES string of the molecule is C[N+](C)([O-])CCCNS(=O)(=O)C(F)(F)C(F)(F)C(F)(F)F. The molecule has 0 spiro atoms. The number of rotatable bonds is 7. The molecule has 0 aliphatic rings. The Bertz CT molecular complexity index is 455. The predicted octanol–water partition coefficient (Wildman–Crippen LogP) is 1.66. The van der Waals surface area contributed by atoms with Crippen LogP contribution in [0.2, 0.25) is 0 Å². The van der Waals surface area contributed by atoms with Crippen molar-refractivity contribution in [3.8, 4) is 0 Å². The van der Waals surface area contributed by atoms with Crippen molar-refractivity contribution in [3.63, 3.8) is 0 Å². The van der Waals surface area contributed by atoms with Gasteiger partial charge in [0.05, 0.1) is 20.6 Å². The molecule has 1 N–H and O–H groups in total. The molecule has 0 aliphatic carbocycles. The van der Waals surface area contributed by atoms with Crippen LogP contribution in [0.1, 0.15) is 6.42 Å². The lowest BCUT2D eigenvalue weighted by molar-refractivity contribution is -0.840. The summed E-state index contributed by atoms with van der Waals surface area (Å²) in [5, 5.41) is 4.68. The normalized spacial score (nSPS) is 15.3. The lowest BCUT2D eigenvalue weighted by Crippen LogP contribution is -2.59. The number of alkyl halides is 7. The Hall–Kier alpha value is -0.660. The second-order valence-electron chi connectivity index (χ2n) is 4.64. The first kappa shape index (κ1) is 20.3. The molecule has 0 radical (unpaired) electrons. The molecule has 0 saturated carbocycles. The molecule has 0 bridgehead atoms. The average Bonchev–Trinajstić information content (AvgIpc) is 2.21. The molecule has 128 valence electrons. The molecule has 0 amide bonds. The molecular weight excluding hydrogens is 337 g/mol. The van der Waals surface area contributed by atoms with Crippen LogP contribution in [0.3, 0.4) is 0 Å². The highest BCUT2D eigenvalue weighted by atomic mass is 32.2. The number of sulfonamides is 1. The first-order chi connectivity index (χ1) is 8.96. The zero-order valence-electron chi connectivity index (χ0n) is 10.8. The smallest absolute Gasteiger partial charge is 0.461 e. The molecule has 0 rings (SSSR count). The Morgan fingerprint density at radius 2 is 1.48 bits per heavy atom. The molecule has 0 aliphatic heterocycles. The second kappa shape index (κ2) is 5.85. The van der Waals surface area contributed by atoms with Crippen LogP contribution < -0.4 is 4.72 Å². The van der Waals surface area contributed by atoms with Crippen molar-refractivity contribution in [3.05, 3.63) is 5.21 Å². The average molecular weight is 350 g/mol. The van der Waals surface area contributed by atoms with Gasteiger partial charge in [-0.3, -0.25) is 0 Å².